The van der Waals surface area contributed by atoms with Gasteiger partial charge in [0.15, 0.2) is 5.60 Å². The highest BCUT2D eigenvalue weighted by molar-refractivity contribution is 5.81. The van der Waals surface area contributed by atoms with Crippen molar-refractivity contribution in [3.63, 3.8) is 0 Å². The summed E-state index contributed by atoms with van der Waals surface area (Å²) in [4.78, 5) is 10.9. The van der Waals surface area contributed by atoms with Crippen LogP contribution < -0.4 is 0 Å². The number of carboxylic acids is 1. The molecule has 0 aliphatic heterocycles. The van der Waals surface area contributed by atoms with E-state index in [1.54, 1.807) is 12.2 Å². The van der Waals surface area contributed by atoms with Crippen LogP contribution in [0.15, 0.2) is 24.0 Å². The second-order valence-corrected chi connectivity index (χ2v) is 2.76. The number of carbonyl (C=O) groups is 1. The van der Waals surface area contributed by atoms with Gasteiger partial charge in [0.1, 0.15) is 5.76 Å². The minimum Gasteiger partial charge on any atom is -0.497 e. The van der Waals surface area contributed by atoms with Gasteiger partial charge < -0.3 is 14.6 Å². The summed E-state index contributed by atoms with van der Waals surface area (Å²) >= 11 is 0. The predicted octanol–water partition coefficient (Wildman–Crippen LogP) is 0.946. The van der Waals surface area contributed by atoms with E-state index in [2.05, 4.69) is 0 Å². The van der Waals surface area contributed by atoms with E-state index in [0.717, 1.165) is 0 Å². The summed E-state index contributed by atoms with van der Waals surface area (Å²) in [5, 5.41) is 8.94. The number of hydrogen-bond acceptors (Lipinski definition) is 3. The lowest BCUT2D eigenvalue weighted by molar-refractivity contribution is -0.156. The molecule has 1 unspecified atom stereocenters. The maximum absolute atomic E-state index is 10.9. The molecule has 4 nitrogen and oxygen atoms in total. The van der Waals surface area contributed by atoms with E-state index in [1.807, 2.05) is 0 Å². The van der Waals surface area contributed by atoms with Crippen LogP contribution in [0, 0.1) is 0 Å². The first-order chi connectivity index (χ1) is 6.14. The van der Waals surface area contributed by atoms with Crippen LogP contribution in [0.25, 0.3) is 0 Å². The molecule has 0 aromatic carbocycles. The summed E-state index contributed by atoms with van der Waals surface area (Å²) in [6, 6.07) is 0. The van der Waals surface area contributed by atoms with Crippen molar-refractivity contribution in [2.75, 3.05) is 14.2 Å². The third kappa shape index (κ3) is 1.72. The van der Waals surface area contributed by atoms with Crippen molar-refractivity contribution in [2.24, 2.45) is 0 Å². The van der Waals surface area contributed by atoms with Gasteiger partial charge in [0.2, 0.25) is 0 Å². The van der Waals surface area contributed by atoms with Crippen molar-refractivity contribution < 1.29 is 19.4 Å². The van der Waals surface area contributed by atoms with Crippen molar-refractivity contribution >= 4 is 5.97 Å². The molecular weight excluding hydrogens is 172 g/mol. The lowest BCUT2D eigenvalue weighted by atomic mass is 9.94. The zero-order valence-corrected chi connectivity index (χ0v) is 7.61. The van der Waals surface area contributed by atoms with E-state index in [0.29, 0.717) is 12.2 Å². The number of rotatable bonds is 3. The highest BCUT2D eigenvalue weighted by atomic mass is 16.5. The van der Waals surface area contributed by atoms with Crippen molar-refractivity contribution in [1.82, 2.24) is 0 Å². The first-order valence-corrected chi connectivity index (χ1v) is 3.86. The van der Waals surface area contributed by atoms with Gasteiger partial charge in [0, 0.05) is 19.6 Å². The van der Waals surface area contributed by atoms with Gasteiger partial charge in [-0.25, -0.2) is 4.79 Å². The molecule has 13 heavy (non-hydrogen) atoms. The Morgan fingerprint density at radius 3 is 2.77 bits per heavy atom. The van der Waals surface area contributed by atoms with E-state index in [1.165, 1.54) is 20.3 Å². The van der Waals surface area contributed by atoms with Gasteiger partial charge >= 0.3 is 5.97 Å². The fourth-order valence-electron chi connectivity index (χ4n) is 1.19. The Labute approximate surface area is 76.5 Å². The molecule has 0 aromatic heterocycles. The highest BCUT2D eigenvalue weighted by Gasteiger charge is 2.37. The van der Waals surface area contributed by atoms with Crippen LogP contribution in [0.3, 0.4) is 0 Å². The maximum atomic E-state index is 10.9. The number of methoxy groups -OCH3 is 2. The number of carboxylic acid groups (broad SMARTS) is 1. The normalized spacial score (nSPS) is 26.8. The number of hydrogen-bond donors (Lipinski definition) is 1. The van der Waals surface area contributed by atoms with Gasteiger partial charge in [0.05, 0.1) is 7.11 Å². The van der Waals surface area contributed by atoms with Crippen LogP contribution in [0.2, 0.25) is 0 Å². The average Bonchev–Trinajstić information content (AvgIpc) is 2.17. The Kier molecular flexibility index (Phi) is 2.72. The average molecular weight is 184 g/mol. The van der Waals surface area contributed by atoms with Crippen molar-refractivity contribution in [3.05, 3.63) is 24.0 Å². The summed E-state index contributed by atoms with van der Waals surface area (Å²) in [5.74, 6) is -0.496. The zero-order chi connectivity index (χ0) is 9.90. The number of aliphatic carboxylic acids is 1. The van der Waals surface area contributed by atoms with Crippen molar-refractivity contribution in [3.8, 4) is 0 Å². The largest absolute Gasteiger partial charge is 0.497 e. The summed E-state index contributed by atoms with van der Waals surface area (Å²) in [6.45, 7) is 0. The Morgan fingerprint density at radius 1 is 1.62 bits per heavy atom. The monoisotopic (exact) mass is 184 g/mol. The SMILES string of the molecule is COC1=CC(OC)(C(=O)O)CC=C1. The van der Waals surface area contributed by atoms with Crippen molar-refractivity contribution in [1.29, 1.82) is 0 Å². The Bertz CT molecular complexity index is 267. The molecule has 0 amide bonds. The molecule has 0 saturated carbocycles. The Hall–Kier alpha value is -1.29. The maximum Gasteiger partial charge on any atom is 0.340 e. The van der Waals surface area contributed by atoms with Crippen LogP contribution >= 0.6 is 0 Å². The zero-order valence-electron chi connectivity index (χ0n) is 7.61. The minimum absolute atomic E-state index is 0.325. The molecule has 1 atom stereocenters. The first kappa shape index (κ1) is 9.80. The summed E-state index contributed by atoms with van der Waals surface area (Å²) in [6.07, 6.45) is 5.23. The molecule has 0 spiro atoms. The van der Waals surface area contributed by atoms with Crippen LogP contribution in [0.4, 0.5) is 0 Å². The molecule has 1 aliphatic rings. The summed E-state index contributed by atoms with van der Waals surface area (Å²) in [7, 11) is 2.86. The van der Waals surface area contributed by atoms with Crippen LogP contribution in [-0.2, 0) is 14.3 Å². The molecule has 0 aromatic rings. The standard InChI is InChI=1S/C9H12O4/c1-12-7-4-3-5-9(6-7,13-2)8(10)11/h3-4,6H,5H2,1-2H3,(H,10,11). The van der Waals surface area contributed by atoms with E-state index < -0.39 is 11.6 Å². The second kappa shape index (κ2) is 3.62. The predicted molar refractivity (Wildman–Crippen MR) is 46.2 cm³/mol. The summed E-state index contributed by atoms with van der Waals surface area (Å²) < 4.78 is 9.89. The molecule has 0 bridgehead atoms. The molecule has 0 saturated heterocycles. The lowest BCUT2D eigenvalue weighted by Gasteiger charge is -2.25. The Morgan fingerprint density at radius 2 is 2.31 bits per heavy atom. The smallest absolute Gasteiger partial charge is 0.340 e. The topological polar surface area (TPSA) is 55.8 Å². The molecule has 1 rings (SSSR count). The van der Waals surface area contributed by atoms with Gasteiger partial charge in [-0.15, -0.1) is 0 Å². The molecule has 1 N–H and O–H groups in total. The minimum atomic E-state index is -1.26. The molecule has 72 valence electrons. The van der Waals surface area contributed by atoms with Crippen LogP contribution in [0.1, 0.15) is 6.42 Å². The van der Waals surface area contributed by atoms with Gasteiger partial charge in [-0.2, -0.15) is 0 Å². The third-order valence-corrected chi connectivity index (χ3v) is 2.04. The van der Waals surface area contributed by atoms with Gasteiger partial charge in [-0.05, 0) is 6.08 Å². The molecule has 0 fully saturated rings. The molecular formula is C9H12O4. The molecule has 0 heterocycles. The fourth-order valence-corrected chi connectivity index (χ4v) is 1.19. The fraction of sp³-hybridized carbons (Fsp3) is 0.444. The molecule has 1 aliphatic carbocycles. The van der Waals surface area contributed by atoms with E-state index >= 15 is 0 Å². The molecule has 0 radical (unpaired) electrons. The highest BCUT2D eigenvalue weighted by Crippen LogP contribution is 2.25. The quantitative estimate of drug-likeness (QED) is 0.709. The second-order valence-electron chi connectivity index (χ2n) is 2.76. The van der Waals surface area contributed by atoms with Crippen LogP contribution in [-0.4, -0.2) is 30.9 Å². The van der Waals surface area contributed by atoms with E-state index in [9.17, 15) is 4.79 Å². The Balaban J connectivity index is 2.97. The van der Waals surface area contributed by atoms with Gasteiger partial charge in [-0.3, -0.25) is 0 Å². The molecule has 4 heteroatoms. The van der Waals surface area contributed by atoms with Gasteiger partial charge in [0.25, 0.3) is 0 Å². The van der Waals surface area contributed by atoms with Crippen molar-refractivity contribution in [2.45, 2.75) is 12.0 Å². The van der Waals surface area contributed by atoms with Gasteiger partial charge in [-0.1, -0.05) is 6.08 Å². The summed E-state index contributed by atoms with van der Waals surface area (Å²) in [5.41, 5.74) is -1.26. The third-order valence-electron chi connectivity index (χ3n) is 2.04. The number of allylic oxidation sites excluding steroid dienone is 1. The van der Waals surface area contributed by atoms with E-state index in [4.69, 9.17) is 14.6 Å². The first-order valence-electron chi connectivity index (χ1n) is 3.86. The number of ether oxygens (including phenoxy) is 2. The van der Waals surface area contributed by atoms with Crippen LogP contribution in [0.5, 0.6) is 0 Å². The lowest BCUT2D eigenvalue weighted by Crippen LogP contribution is -2.39. The van der Waals surface area contributed by atoms with E-state index in [-0.39, 0.29) is 0 Å².